The minimum atomic E-state index is -0.727. The second-order valence-corrected chi connectivity index (χ2v) is 5.20. The largest absolute Gasteiger partial charge is 0.481 e. The molecule has 0 amide bonds. The van der Waals surface area contributed by atoms with Gasteiger partial charge in [-0.1, -0.05) is 67.7 Å². The van der Waals surface area contributed by atoms with Crippen molar-refractivity contribution in [2.45, 2.75) is 58.0 Å². The van der Waals surface area contributed by atoms with E-state index in [-0.39, 0.29) is 12.5 Å². The Bertz CT molecular complexity index is 428. The summed E-state index contributed by atoms with van der Waals surface area (Å²) in [6.45, 7) is 1.95. The van der Waals surface area contributed by atoms with Gasteiger partial charge in [-0.25, -0.2) is 0 Å². The van der Waals surface area contributed by atoms with Crippen molar-refractivity contribution in [2.24, 2.45) is 0 Å². The molecule has 23 heavy (non-hydrogen) atoms. The number of unbranched alkanes of at least 4 members (excludes halogenated alkanes) is 1. The van der Waals surface area contributed by atoms with Crippen LogP contribution in [0.4, 0.5) is 0 Å². The highest BCUT2D eigenvalue weighted by Crippen LogP contribution is 1.99. The fraction of sp³-hybridized carbons (Fsp3) is 0.450. The molecular formula is C20H30O3. The zero-order chi connectivity index (χ0) is 17.2. The molecule has 0 aliphatic heterocycles. The first-order valence-electron chi connectivity index (χ1n) is 8.35. The molecule has 1 atom stereocenters. The molecular weight excluding hydrogens is 288 g/mol. The van der Waals surface area contributed by atoms with Gasteiger partial charge in [0.25, 0.3) is 0 Å². The SMILES string of the molecule is CC[C@H](O)/C=C/C=C/C/C=C/C/C=C/C/C=C\CCCC(=O)O. The molecule has 128 valence electrons. The molecule has 3 nitrogen and oxygen atoms in total. The van der Waals surface area contributed by atoms with E-state index in [9.17, 15) is 9.90 Å². The van der Waals surface area contributed by atoms with Gasteiger partial charge in [0.1, 0.15) is 0 Å². The molecule has 0 saturated carbocycles. The molecule has 0 unspecified atom stereocenters. The van der Waals surface area contributed by atoms with E-state index >= 15 is 0 Å². The van der Waals surface area contributed by atoms with Gasteiger partial charge >= 0.3 is 5.97 Å². The standard InChI is InChI=1S/C20H30O3/c1-2-19(21)17-15-13-11-9-7-5-3-4-6-8-10-12-14-16-18-20(22)23/h4-7,10-13,15,17,19,21H,2-3,8-9,14,16,18H2,1H3,(H,22,23)/b6-4+,7-5+,12-10-,13-11+,17-15+/t19-/m0/s1. The van der Waals surface area contributed by atoms with Crippen LogP contribution in [0.5, 0.6) is 0 Å². The number of hydrogen-bond acceptors (Lipinski definition) is 2. The van der Waals surface area contributed by atoms with Crippen molar-refractivity contribution in [2.75, 3.05) is 0 Å². The van der Waals surface area contributed by atoms with Gasteiger partial charge in [0.05, 0.1) is 6.10 Å². The number of hydrogen-bond donors (Lipinski definition) is 2. The molecule has 0 rings (SSSR count). The topological polar surface area (TPSA) is 57.5 Å². The molecule has 2 N–H and O–H groups in total. The van der Waals surface area contributed by atoms with Crippen LogP contribution >= 0.6 is 0 Å². The van der Waals surface area contributed by atoms with Crippen LogP contribution in [-0.2, 0) is 4.79 Å². The van der Waals surface area contributed by atoms with E-state index in [0.717, 1.165) is 32.1 Å². The zero-order valence-electron chi connectivity index (χ0n) is 14.1. The van der Waals surface area contributed by atoms with Crippen molar-refractivity contribution in [3.05, 3.63) is 60.8 Å². The second kappa shape index (κ2) is 16.5. The van der Waals surface area contributed by atoms with Gasteiger partial charge in [-0.2, -0.15) is 0 Å². The summed E-state index contributed by atoms with van der Waals surface area (Å²) >= 11 is 0. The van der Waals surface area contributed by atoms with Gasteiger partial charge in [-0.15, -0.1) is 0 Å². The van der Waals surface area contributed by atoms with E-state index in [1.54, 1.807) is 6.08 Å². The molecule has 3 heteroatoms. The molecule has 0 radical (unpaired) electrons. The number of rotatable bonds is 13. The Morgan fingerprint density at radius 1 is 0.913 bits per heavy atom. The molecule has 0 aliphatic rings. The molecule has 0 bridgehead atoms. The number of aliphatic carboxylic acids is 1. The third-order valence-corrected chi connectivity index (χ3v) is 3.08. The molecule has 0 aliphatic carbocycles. The highest BCUT2D eigenvalue weighted by Gasteiger charge is 1.92. The second-order valence-electron chi connectivity index (χ2n) is 5.20. The van der Waals surface area contributed by atoms with Crippen molar-refractivity contribution in [1.29, 1.82) is 0 Å². The lowest BCUT2D eigenvalue weighted by Gasteiger charge is -1.95. The zero-order valence-corrected chi connectivity index (χ0v) is 14.1. The van der Waals surface area contributed by atoms with Crippen LogP contribution in [0.1, 0.15) is 51.9 Å². The van der Waals surface area contributed by atoms with E-state index in [2.05, 4.69) is 36.5 Å². The lowest BCUT2D eigenvalue weighted by Crippen LogP contribution is -1.97. The molecule has 0 heterocycles. The molecule has 0 aromatic carbocycles. The predicted molar refractivity (Wildman–Crippen MR) is 97.3 cm³/mol. The minimum Gasteiger partial charge on any atom is -0.481 e. The van der Waals surface area contributed by atoms with Crippen LogP contribution in [0.25, 0.3) is 0 Å². The Labute approximate surface area is 140 Å². The molecule has 0 saturated heterocycles. The first kappa shape index (κ1) is 21.1. The Balaban J connectivity index is 3.55. The number of carboxylic acid groups (broad SMARTS) is 1. The summed E-state index contributed by atoms with van der Waals surface area (Å²) in [5, 5.41) is 17.8. The highest BCUT2D eigenvalue weighted by molar-refractivity contribution is 5.66. The smallest absolute Gasteiger partial charge is 0.303 e. The van der Waals surface area contributed by atoms with Crippen LogP contribution in [0.15, 0.2) is 60.8 Å². The Morgan fingerprint density at radius 3 is 2.04 bits per heavy atom. The van der Waals surface area contributed by atoms with Gasteiger partial charge in [0.2, 0.25) is 0 Å². The van der Waals surface area contributed by atoms with Gasteiger partial charge in [-0.3, -0.25) is 4.79 Å². The minimum absolute atomic E-state index is 0.244. The lowest BCUT2D eigenvalue weighted by atomic mass is 10.2. The first-order chi connectivity index (χ1) is 11.2. The van der Waals surface area contributed by atoms with Crippen LogP contribution in [-0.4, -0.2) is 22.3 Å². The van der Waals surface area contributed by atoms with E-state index in [0.29, 0.717) is 6.42 Å². The maximum absolute atomic E-state index is 10.3. The quantitative estimate of drug-likeness (QED) is 0.286. The Morgan fingerprint density at radius 2 is 1.48 bits per heavy atom. The summed E-state index contributed by atoms with van der Waals surface area (Å²) in [6.07, 6.45) is 25.2. The third-order valence-electron chi connectivity index (χ3n) is 3.08. The van der Waals surface area contributed by atoms with Gasteiger partial charge in [0, 0.05) is 6.42 Å². The summed E-state index contributed by atoms with van der Waals surface area (Å²) < 4.78 is 0. The first-order valence-corrected chi connectivity index (χ1v) is 8.35. The maximum Gasteiger partial charge on any atom is 0.303 e. The third kappa shape index (κ3) is 18.1. The Hall–Kier alpha value is -1.87. The number of carbonyl (C=O) groups is 1. The van der Waals surface area contributed by atoms with Crippen molar-refractivity contribution >= 4 is 5.97 Å². The number of aliphatic hydroxyl groups is 1. The Kier molecular flexibility index (Phi) is 15.2. The lowest BCUT2D eigenvalue weighted by molar-refractivity contribution is -0.137. The number of carboxylic acids is 1. The van der Waals surface area contributed by atoms with Crippen molar-refractivity contribution in [3.8, 4) is 0 Å². The summed E-state index contributed by atoms with van der Waals surface area (Å²) in [5.41, 5.74) is 0. The molecule has 0 aromatic heterocycles. The van der Waals surface area contributed by atoms with Crippen LogP contribution in [0.3, 0.4) is 0 Å². The maximum atomic E-state index is 10.3. The van der Waals surface area contributed by atoms with Crippen molar-refractivity contribution in [1.82, 2.24) is 0 Å². The molecule has 0 aromatic rings. The van der Waals surface area contributed by atoms with Crippen LogP contribution < -0.4 is 0 Å². The van der Waals surface area contributed by atoms with Crippen LogP contribution in [0, 0.1) is 0 Å². The number of allylic oxidation sites excluding steroid dienone is 9. The van der Waals surface area contributed by atoms with Crippen molar-refractivity contribution in [3.63, 3.8) is 0 Å². The van der Waals surface area contributed by atoms with E-state index in [1.807, 2.05) is 25.2 Å². The van der Waals surface area contributed by atoms with Crippen molar-refractivity contribution < 1.29 is 15.0 Å². The number of aliphatic hydroxyl groups excluding tert-OH is 1. The van der Waals surface area contributed by atoms with E-state index in [1.165, 1.54) is 0 Å². The normalized spacial score (nSPS) is 14.2. The van der Waals surface area contributed by atoms with Crippen LogP contribution in [0.2, 0.25) is 0 Å². The summed E-state index contributed by atoms with van der Waals surface area (Å²) in [7, 11) is 0. The average molecular weight is 318 g/mol. The van der Waals surface area contributed by atoms with Gasteiger partial charge in [-0.05, 0) is 38.5 Å². The highest BCUT2D eigenvalue weighted by atomic mass is 16.4. The average Bonchev–Trinajstić information content (AvgIpc) is 2.53. The molecule has 0 fully saturated rings. The summed E-state index contributed by atoms with van der Waals surface area (Å²) in [4.78, 5) is 10.3. The van der Waals surface area contributed by atoms with Gasteiger partial charge < -0.3 is 10.2 Å². The summed E-state index contributed by atoms with van der Waals surface area (Å²) in [6, 6.07) is 0. The predicted octanol–water partition coefficient (Wildman–Crippen LogP) is 4.96. The fourth-order valence-corrected chi connectivity index (χ4v) is 1.69. The van der Waals surface area contributed by atoms with Gasteiger partial charge in [0.15, 0.2) is 0 Å². The fourth-order valence-electron chi connectivity index (χ4n) is 1.69. The summed E-state index contributed by atoms with van der Waals surface area (Å²) in [5.74, 6) is -0.727. The van der Waals surface area contributed by atoms with E-state index in [4.69, 9.17) is 5.11 Å². The monoisotopic (exact) mass is 318 g/mol. The molecule has 0 spiro atoms. The van der Waals surface area contributed by atoms with E-state index < -0.39 is 5.97 Å².